The molecular formula is C88H143NO9. The molecule has 0 radical (unpaired) electrons. The van der Waals surface area contributed by atoms with Crippen LogP contribution in [-0.4, -0.2) is 85.5 Å². The third kappa shape index (κ3) is 72.9. The molecule has 0 aliphatic rings. The summed E-state index contributed by atoms with van der Waals surface area (Å²) < 4.78 is 23.0. The van der Waals surface area contributed by atoms with Crippen molar-refractivity contribution in [3.05, 3.63) is 170 Å². The Kier molecular flexibility index (Phi) is 73.8. The Morgan fingerprint density at radius 2 is 0.582 bits per heavy atom. The lowest BCUT2D eigenvalue weighted by Gasteiger charge is -2.20. The van der Waals surface area contributed by atoms with E-state index >= 15 is 0 Å². The highest BCUT2D eigenvalue weighted by Crippen LogP contribution is 2.18. The molecule has 0 spiro atoms. The first-order chi connectivity index (χ1) is 48.3. The fourth-order valence-electron chi connectivity index (χ4n) is 10.6. The average Bonchev–Trinajstić information content (AvgIpc) is 3.53. The van der Waals surface area contributed by atoms with Crippen molar-refractivity contribution in [1.82, 2.24) is 4.90 Å². The van der Waals surface area contributed by atoms with E-state index in [-0.39, 0.29) is 55.5 Å². The van der Waals surface area contributed by atoms with Gasteiger partial charge in [0.1, 0.15) is 12.2 Å². The number of nitrogens with zero attached hydrogens (tertiary/aromatic N) is 1. The Hall–Kier alpha value is -5.84. The Bertz CT molecular complexity index is 2120. The van der Waals surface area contributed by atoms with Crippen LogP contribution in [0.5, 0.6) is 0 Å². The summed E-state index contributed by atoms with van der Waals surface area (Å²) in [6.07, 6.45) is 103. The van der Waals surface area contributed by atoms with Crippen LogP contribution >= 0.6 is 0 Å². The standard InChI is InChI=1S/C88H143NO9/c1-5-9-13-17-19-21-23-25-27-29-31-33-35-37-39-45-51-57-65-73-87(93)97-83(69-61-15-11-7-3)71-63-55-49-43-41-47-53-59-67-81-95-85(91)75-77-89(79-80-90)78-76-86(92)96-82-68-60-54-48-42-44-50-56-64-72-84(70-62-16-12-8-4)98-88(94)74-66-58-52-46-40-38-36-34-32-30-28-26-24-22-20-18-14-10-6-2/h9-10,13-14,19-22,25-28,31-34,37-40,51-52,55-58,63-64,83-84,90H,5-8,11-12,15-18,23-24,29-30,35-36,41-50,53-54,59-62,65-82H2,1-4H3/b13-9-,14-10-,21-19-,22-20-,27-25-,28-26-,33-31-,34-32-,39-37-,40-38-,57-51-,58-52-,63-55-,64-56-. The van der Waals surface area contributed by atoms with Crippen LogP contribution in [-0.2, 0) is 38.1 Å². The first-order valence-corrected chi connectivity index (χ1v) is 39.4. The Morgan fingerprint density at radius 3 is 0.898 bits per heavy atom. The Labute approximate surface area is 600 Å². The van der Waals surface area contributed by atoms with Gasteiger partial charge in [0, 0.05) is 45.3 Å². The number of ether oxygens (including phenoxy) is 4. The van der Waals surface area contributed by atoms with Gasteiger partial charge in [-0.2, -0.15) is 0 Å². The van der Waals surface area contributed by atoms with E-state index in [1.807, 2.05) is 4.90 Å². The van der Waals surface area contributed by atoms with Crippen molar-refractivity contribution in [2.75, 3.05) is 39.5 Å². The van der Waals surface area contributed by atoms with Gasteiger partial charge in [0.05, 0.1) is 32.7 Å². The van der Waals surface area contributed by atoms with Gasteiger partial charge in [0.2, 0.25) is 0 Å². The lowest BCUT2D eigenvalue weighted by Crippen LogP contribution is -2.32. The molecule has 2 atom stereocenters. The van der Waals surface area contributed by atoms with Gasteiger partial charge < -0.3 is 24.1 Å². The number of hydrogen-bond donors (Lipinski definition) is 1. The molecule has 554 valence electrons. The molecule has 0 fully saturated rings. The van der Waals surface area contributed by atoms with Crippen LogP contribution in [0.25, 0.3) is 0 Å². The normalized spacial score (nSPS) is 13.4. The Balaban J connectivity index is 4.20. The molecule has 0 heterocycles. The van der Waals surface area contributed by atoms with Crippen molar-refractivity contribution in [2.45, 2.75) is 322 Å². The number of aliphatic hydroxyl groups is 1. The van der Waals surface area contributed by atoms with Gasteiger partial charge in [-0.25, -0.2) is 0 Å². The predicted octanol–water partition coefficient (Wildman–Crippen LogP) is 24.2. The molecule has 10 heteroatoms. The largest absolute Gasteiger partial charge is 0.466 e. The number of carbonyl (C=O) groups excluding carboxylic acids is 4. The number of aliphatic hydroxyl groups excluding tert-OH is 1. The van der Waals surface area contributed by atoms with Crippen LogP contribution in [0.3, 0.4) is 0 Å². The number of esters is 4. The SMILES string of the molecule is CC/C=C\C/C=C\C/C=C\C/C=C\C/C=C\C/C=C\CCC(=O)OC(C/C=C\CCCCCCCCOC(=O)CCN(CCO)CCC(=O)OCCCCCCCC/C=C\CC(CCCCCC)OC(=O)CC/C=C\C/C=C\C/C=C\C/C=C\C/C=C\C/C=C\CC)CCCCCC. The van der Waals surface area contributed by atoms with Gasteiger partial charge >= 0.3 is 23.9 Å². The summed E-state index contributed by atoms with van der Waals surface area (Å²) >= 11 is 0. The third-order valence-electron chi connectivity index (χ3n) is 16.4. The molecule has 98 heavy (non-hydrogen) atoms. The third-order valence-corrected chi connectivity index (χ3v) is 16.4. The topological polar surface area (TPSA) is 129 Å². The second-order valence-corrected chi connectivity index (χ2v) is 25.6. The molecule has 2 unspecified atom stereocenters. The summed E-state index contributed by atoms with van der Waals surface area (Å²) in [4.78, 5) is 52.5. The van der Waals surface area contributed by atoms with Crippen molar-refractivity contribution >= 4 is 23.9 Å². The fourth-order valence-corrected chi connectivity index (χ4v) is 10.6. The maximum atomic E-state index is 12.8. The highest BCUT2D eigenvalue weighted by Gasteiger charge is 2.15. The van der Waals surface area contributed by atoms with E-state index in [1.54, 1.807) is 0 Å². The molecule has 0 saturated carbocycles. The zero-order chi connectivity index (χ0) is 71.0. The predicted molar refractivity (Wildman–Crippen MR) is 419 cm³/mol. The quantitative estimate of drug-likeness (QED) is 0.0272. The van der Waals surface area contributed by atoms with Gasteiger partial charge in [-0.05, 0) is 154 Å². The summed E-state index contributed by atoms with van der Waals surface area (Å²) in [5.74, 6) is -0.714. The zero-order valence-corrected chi connectivity index (χ0v) is 62.8. The van der Waals surface area contributed by atoms with Crippen molar-refractivity contribution in [3.8, 4) is 0 Å². The summed E-state index contributed by atoms with van der Waals surface area (Å²) in [6, 6.07) is 0. The second-order valence-electron chi connectivity index (χ2n) is 25.6. The fraction of sp³-hybridized carbons (Fsp3) is 0.636. The average molecular weight is 1360 g/mol. The van der Waals surface area contributed by atoms with Gasteiger partial charge in [0.25, 0.3) is 0 Å². The molecule has 0 amide bonds. The van der Waals surface area contributed by atoms with Gasteiger partial charge in [-0.3, -0.25) is 24.1 Å². The van der Waals surface area contributed by atoms with Crippen molar-refractivity contribution in [3.63, 3.8) is 0 Å². The lowest BCUT2D eigenvalue weighted by molar-refractivity contribution is -0.150. The van der Waals surface area contributed by atoms with Crippen LogP contribution in [0.4, 0.5) is 0 Å². The summed E-state index contributed by atoms with van der Waals surface area (Å²) in [6.45, 7) is 10.7. The molecule has 10 nitrogen and oxygen atoms in total. The number of hydrogen-bond acceptors (Lipinski definition) is 10. The van der Waals surface area contributed by atoms with Crippen LogP contribution in [0, 0.1) is 0 Å². The molecule has 0 aromatic rings. The first kappa shape index (κ1) is 92.2. The second kappa shape index (κ2) is 78.5. The summed E-state index contributed by atoms with van der Waals surface area (Å²) in [5.41, 5.74) is 0. The number of allylic oxidation sites excluding steroid dienone is 26. The molecule has 0 aliphatic carbocycles. The number of unbranched alkanes of at least 4 members (excludes halogenated alkanes) is 18. The van der Waals surface area contributed by atoms with Gasteiger partial charge in [-0.15, -0.1) is 0 Å². The van der Waals surface area contributed by atoms with E-state index in [4.69, 9.17) is 18.9 Å². The highest BCUT2D eigenvalue weighted by molar-refractivity contribution is 5.71. The minimum atomic E-state index is -0.252. The highest BCUT2D eigenvalue weighted by atomic mass is 16.6. The first-order valence-electron chi connectivity index (χ1n) is 39.4. The van der Waals surface area contributed by atoms with E-state index in [1.165, 1.54) is 38.5 Å². The van der Waals surface area contributed by atoms with E-state index in [0.717, 1.165) is 205 Å². The van der Waals surface area contributed by atoms with Crippen LogP contribution in [0.1, 0.15) is 310 Å². The monoisotopic (exact) mass is 1360 g/mol. The van der Waals surface area contributed by atoms with E-state index in [0.29, 0.717) is 58.5 Å². The molecule has 0 rings (SSSR count). The molecule has 1 N–H and O–H groups in total. The van der Waals surface area contributed by atoms with Gasteiger partial charge in [-0.1, -0.05) is 288 Å². The van der Waals surface area contributed by atoms with Crippen molar-refractivity contribution in [1.29, 1.82) is 0 Å². The maximum Gasteiger partial charge on any atom is 0.307 e. The van der Waals surface area contributed by atoms with E-state index in [2.05, 4.69) is 198 Å². The minimum absolute atomic E-state index is 0.0507. The molecule has 0 aliphatic heterocycles. The van der Waals surface area contributed by atoms with Crippen molar-refractivity contribution < 1.29 is 43.2 Å². The Morgan fingerprint density at radius 1 is 0.296 bits per heavy atom. The minimum Gasteiger partial charge on any atom is -0.466 e. The molecule has 0 saturated heterocycles. The molecular weight excluding hydrogens is 1210 g/mol. The maximum absolute atomic E-state index is 12.8. The van der Waals surface area contributed by atoms with Crippen LogP contribution in [0.2, 0.25) is 0 Å². The zero-order valence-electron chi connectivity index (χ0n) is 62.8. The number of carbonyl (C=O) groups is 4. The smallest absolute Gasteiger partial charge is 0.307 e. The summed E-state index contributed by atoms with van der Waals surface area (Å²) in [5, 5.41) is 9.63. The summed E-state index contributed by atoms with van der Waals surface area (Å²) in [7, 11) is 0. The van der Waals surface area contributed by atoms with Crippen LogP contribution < -0.4 is 0 Å². The molecule has 0 aromatic heterocycles. The van der Waals surface area contributed by atoms with Crippen LogP contribution in [0.15, 0.2) is 170 Å². The van der Waals surface area contributed by atoms with Gasteiger partial charge in [0.15, 0.2) is 0 Å². The molecule has 0 bridgehead atoms. The molecule has 0 aromatic carbocycles. The van der Waals surface area contributed by atoms with Crippen molar-refractivity contribution in [2.24, 2.45) is 0 Å². The van der Waals surface area contributed by atoms with E-state index < -0.39 is 0 Å². The van der Waals surface area contributed by atoms with E-state index in [9.17, 15) is 24.3 Å². The lowest BCUT2D eigenvalue weighted by atomic mass is 10.1. The number of rotatable bonds is 70.